The van der Waals surface area contributed by atoms with Crippen LogP contribution >= 0.6 is 11.6 Å². The average Bonchev–Trinajstić information content (AvgIpc) is 2.33. The summed E-state index contributed by atoms with van der Waals surface area (Å²) >= 11 is 5.58. The third-order valence-corrected chi connectivity index (χ3v) is 1.41. The lowest BCUT2D eigenvalue weighted by Gasteiger charge is -1.87. The van der Waals surface area contributed by atoms with Crippen molar-refractivity contribution in [3.63, 3.8) is 0 Å². The van der Waals surface area contributed by atoms with E-state index in [-0.39, 0.29) is 0 Å². The number of fused-ring (bicyclic) bond motifs is 1. The number of nitrogens with one attached hydrogen (secondary N) is 1. The van der Waals surface area contributed by atoms with Crippen LogP contribution in [0.3, 0.4) is 0 Å². The second-order valence-corrected chi connectivity index (χ2v) is 2.29. The summed E-state index contributed by atoms with van der Waals surface area (Å²) in [6.45, 7) is 0. The number of aromatic amines is 1. The number of halogens is 1. The van der Waals surface area contributed by atoms with Crippen molar-refractivity contribution in [2.45, 2.75) is 0 Å². The molecular weight excluding hydrogens is 150 g/mol. The topological polar surface area (TPSA) is 41.6 Å². The third kappa shape index (κ3) is 0.752. The molecular formula is C6H4ClN3. The van der Waals surface area contributed by atoms with Crippen LogP contribution in [0.1, 0.15) is 0 Å². The van der Waals surface area contributed by atoms with Crippen molar-refractivity contribution in [3.8, 4) is 0 Å². The van der Waals surface area contributed by atoms with Crippen LogP contribution in [-0.4, -0.2) is 15.0 Å². The number of hydrogen-bond donors (Lipinski definition) is 1. The molecule has 0 bridgehead atoms. The molecule has 50 valence electrons. The highest BCUT2D eigenvalue weighted by Crippen LogP contribution is 2.08. The van der Waals surface area contributed by atoms with Crippen LogP contribution in [0.2, 0.25) is 5.15 Å². The lowest BCUT2D eigenvalue weighted by atomic mass is 10.5. The largest absolute Gasteiger partial charge is 0.345 e. The number of hydrogen-bond acceptors (Lipinski definition) is 2. The predicted octanol–water partition coefficient (Wildman–Crippen LogP) is 1.61. The zero-order valence-corrected chi connectivity index (χ0v) is 5.76. The number of H-pyrrole nitrogens is 1. The standard InChI is InChI=1S/C6H4ClN3/c7-5-3-9-4-1-2-8-6(4)10-5/h1-3H,(H,8,10). The van der Waals surface area contributed by atoms with Gasteiger partial charge in [0, 0.05) is 6.20 Å². The minimum Gasteiger partial charge on any atom is -0.345 e. The Morgan fingerprint density at radius 1 is 1.50 bits per heavy atom. The molecule has 0 fully saturated rings. The van der Waals surface area contributed by atoms with Gasteiger partial charge in [-0.3, -0.25) is 0 Å². The Morgan fingerprint density at radius 2 is 2.40 bits per heavy atom. The Balaban J connectivity index is 2.86. The van der Waals surface area contributed by atoms with Gasteiger partial charge < -0.3 is 4.98 Å². The molecule has 0 unspecified atom stereocenters. The molecule has 2 aromatic heterocycles. The summed E-state index contributed by atoms with van der Waals surface area (Å²) in [5, 5.41) is 0.412. The SMILES string of the molecule is Clc1cnc2cc[nH]c2n1. The van der Waals surface area contributed by atoms with Gasteiger partial charge in [-0.1, -0.05) is 11.6 Å². The van der Waals surface area contributed by atoms with Gasteiger partial charge in [-0.25, -0.2) is 9.97 Å². The molecule has 3 nitrogen and oxygen atoms in total. The van der Waals surface area contributed by atoms with Gasteiger partial charge in [0.25, 0.3) is 0 Å². The summed E-state index contributed by atoms with van der Waals surface area (Å²) in [6.07, 6.45) is 3.30. The average molecular weight is 154 g/mol. The molecule has 2 rings (SSSR count). The van der Waals surface area contributed by atoms with Gasteiger partial charge in [0.05, 0.1) is 6.20 Å². The van der Waals surface area contributed by atoms with Gasteiger partial charge in [0.1, 0.15) is 10.7 Å². The van der Waals surface area contributed by atoms with Crippen molar-refractivity contribution in [1.29, 1.82) is 0 Å². The van der Waals surface area contributed by atoms with Crippen molar-refractivity contribution < 1.29 is 0 Å². The van der Waals surface area contributed by atoms with Crippen molar-refractivity contribution in [1.82, 2.24) is 15.0 Å². The summed E-state index contributed by atoms with van der Waals surface area (Å²) in [6, 6.07) is 1.85. The Labute approximate surface area is 62.1 Å². The van der Waals surface area contributed by atoms with Gasteiger partial charge in [-0.15, -0.1) is 0 Å². The summed E-state index contributed by atoms with van der Waals surface area (Å²) in [7, 11) is 0. The van der Waals surface area contributed by atoms with E-state index in [1.165, 1.54) is 6.20 Å². The van der Waals surface area contributed by atoms with Crippen molar-refractivity contribution in [2.24, 2.45) is 0 Å². The van der Waals surface area contributed by atoms with E-state index in [2.05, 4.69) is 15.0 Å². The molecule has 2 heterocycles. The molecule has 2 aromatic rings. The van der Waals surface area contributed by atoms with Crippen LogP contribution in [0.15, 0.2) is 18.5 Å². The molecule has 0 radical (unpaired) electrons. The summed E-state index contributed by atoms with van der Waals surface area (Å²) in [5.41, 5.74) is 1.57. The van der Waals surface area contributed by atoms with Crippen LogP contribution < -0.4 is 0 Å². The second-order valence-electron chi connectivity index (χ2n) is 1.90. The highest BCUT2D eigenvalue weighted by molar-refractivity contribution is 6.29. The van der Waals surface area contributed by atoms with Gasteiger partial charge in [-0.05, 0) is 6.07 Å². The normalized spacial score (nSPS) is 10.5. The first-order valence-electron chi connectivity index (χ1n) is 2.82. The van der Waals surface area contributed by atoms with Gasteiger partial charge in [0.2, 0.25) is 0 Å². The number of aromatic nitrogens is 3. The van der Waals surface area contributed by atoms with Crippen LogP contribution in [0.4, 0.5) is 0 Å². The van der Waals surface area contributed by atoms with Crippen LogP contribution in [0.25, 0.3) is 11.2 Å². The van der Waals surface area contributed by atoms with E-state index in [1.807, 2.05) is 6.07 Å². The first-order valence-corrected chi connectivity index (χ1v) is 3.20. The second kappa shape index (κ2) is 1.95. The molecule has 0 aliphatic heterocycles. The van der Waals surface area contributed by atoms with Gasteiger partial charge in [-0.2, -0.15) is 0 Å². The Kier molecular flexibility index (Phi) is 1.11. The molecule has 0 aliphatic rings. The molecule has 1 N–H and O–H groups in total. The molecule has 0 spiro atoms. The maximum absolute atomic E-state index is 5.58. The minimum absolute atomic E-state index is 0.412. The smallest absolute Gasteiger partial charge is 0.157 e. The number of nitrogens with zero attached hydrogens (tertiary/aromatic N) is 2. The lowest BCUT2D eigenvalue weighted by molar-refractivity contribution is 1.26. The molecule has 0 saturated heterocycles. The maximum Gasteiger partial charge on any atom is 0.157 e. The first kappa shape index (κ1) is 5.68. The Bertz CT molecular complexity index is 355. The minimum atomic E-state index is 0.412. The molecule has 4 heteroatoms. The summed E-state index contributed by atoms with van der Waals surface area (Å²) < 4.78 is 0. The van der Waals surface area contributed by atoms with Crippen LogP contribution in [-0.2, 0) is 0 Å². The summed E-state index contributed by atoms with van der Waals surface area (Å²) in [5.74, 6) is 0. The fraction of sp³-hybridized carbons (Fsp3) is 0. The van der Waals surface area contributed by atoms with E-state index in [1.54, 1.807) is 6.20 Å². The Morgan fingerprint density at radius 3 is 3.30 bits per heavy atom. The molecule has 0 aliphatic carbocycles. The van der Waals surface area contributed by atoms with Gasteiger partial charge >= 0.3 is 0 Å². The molecule has 0 saturated carbocycles. The van der Waals surface area contributed by atoms with Crippen LogP contribution in [0.5, 0.6) is 0 Å². The zero-order chi connectivity index (χ0) is 6.97. The zero-order valence-electron chi connectivity index (χ0n) is 5.00. The molecule has 0 amide bonds. The fourth-order valence-electron chi connectivity index (χ4n) is 0.805. The van der Waals surface area contributed by atoms with E-state index in [0.717, 1.165) is 11.2 Å². The van der Waals surface area contributed by atoms with E-state index in [4.69, 9.17) is 11.6 Å². The predicted molar refractivity (Wildman–Crippen MR) is 38.9 cm³/mol. The van der Waals surface area contributed by atoms with Crippen molar-refractivity contribution in [2.75, 3.05) is 0 Å². The van der Waals surface area contributed by atoms with Crippen LogP contribution in [0, 0.1) is 0 Å². The highest BCUT2D eigenvalue weighted by atomic mass is 35.5. The molecule has 0 atom stereocenters. The van der Waals surface area contributed by atoms with Crippen molar-refractivity contribution in [3.05, 3.63) is 23.6 Å². The van der Waals surface area contributed by atoms with Gasteiger partial charge in [0.15, 0.2) is 5.65 Å². The van der Waals surface area contributed by atoms with E-state index in [9.17, 15) is 0 Å². The molecule has 0 aromatic carbocycles. The first-order chi connectivity index (χ1) is 4.86. The summed E-state index contributed by atoms with van der Waals surface area (Å²) in [4.78, 5) is 10.9. The van der Waals surface area contributed by atoms with Crippen molar-refractivity contribution >= 4 is 22.8 Å². The fourth-order valence-corrected chi connectivity index (χ4v) is 0.938. The van der Waals surface area contributed by atoms with E-state index < -0.39 is 0 Å². The monoisotopic (exact) mass is 153 g/mol. The lowest BCUT2D eigenvalue weighted by Crippen LogP contribution is -1.79. The van der Waals surface area contributed by atoms with E-state index in [0.29, 0.717) is 5.15 Å². The highest BCUT2D eigenvalue weighted by Gasteiger charge is 1.95. The quantitative estimate of drug-likeness (QED) is 0.625. The Hall–Kier alpha value is -1.09. The molecule has 10 heavy (non-hydrogen) atoms. The third-order valence-electron chi connectivity index (χ3n) is 1.23. The maximum atomic E-state index is 5.58. The van der Waals surface area contributed by atoms with E-state index >= 15 is 0 Å². The number of rotatable bonds is 0.